The highest BCUT2D eigenvalue weighted by Gasteiger charge is 2.17. The summed E-state index contributed by atoms with van der Waals surface area (Å²) >= 11 is 1.30. The molecular formula is C15H19N5S. The zero-order valence-electron chi connectivity index (χ0n) is 12.7. The molecule has 2 aromatic rings. The average Bonchev–Trinajstić information content (AvgIpc) is 2.79. The van der Waals surface area contributed by atoms with Crippen molar-refractivity contribution in [1.82, 2.24) is 14.9 Å². The first-order valence-corrected chi connectivity index (χ1v) is 7.58. The monoisotopic (exact) mass is 301 g/mol. The summed E-state index contributed by atoms with van der Waals surface area (Å²) in [4.78, 5) is 0. The minimum Gasteiger partial charge on any atom is -0.335 e. The fraction of sp³-hybridized carbons (Fsp3) is 0.400. The number of nitriles is 1. The zero-order valence-corrected chi connectivity index (χ0v) is 13.5. The summed E-state index contributed by atoms with van der Waals surface area (Å²) in [5.74, 6) is 6.62. The van der Waals surface area contributed by atoms with Gasteiger partial charge in [-0.1, -0.05) is 56.8 Å². The normalized spacial score (nSPS) is 12.9. The highest BCUT2D eigenvalue weighted by atomic mass is 32.2. The van der Waals surface area contributed by atoms with Crippen molar-refractivity contribution in [3.05, 3.63) is 29.8 Å². The van der Waals surface area contributed by atoms with E-state index in [4.69, 9.17) is 11.1 Å². The van der Waals surface area contributed by atoms with Crippen molar-refractivity contribution in [1.29, 1.82) is 5.26 Å². The van der Waals surface area contributed by atoms with Crippen molar-refractivity contribution < 1.29 is 0 Å². The van der Waals surface area contributed by atoms with Gasteiger partial charge in [-0.3, -0.25) is 0 Å². The molecule has 0 spiro atoms. The lowest BCUT2D eigenvalue weighted by molar-refractivity contribution is 0.590. The van der Waals surface area contributed by atoms with Crippen LogP contribution >= 0.6 is 11.8 Å². The second-order valence-corrected chi connectivity index (χ2v) is 7.20. The Morgan fingerprint density at radius 3 is 2.38 bits per heavy atom. The van der Waals surface area contributed by atoms with Gasteiger partial charge in [-0.05, 0) is 17.9 Å². The topological polar surface area (TPSA) is 80.5 Å². The molecule has 0 radical (unpaired) electrons. The molecule has 2 N–H and O–H groups in total. The summed E-state index contributed by atoms with van der Waals surface area (Å²) in [6.45, 7) is 8.32. The van der Waals surface area contributed by atoms with Gasteiger partial charge >= 0.3 is 0 Å². The summed E-state index contributed by atoms with van der Waals surface area (Å²) in [6, 6.07) is 10.3. The number of benzene rings is 1. The lowest BCUT2D eigenvalue weighted by Gasteiger charge is -2.19. The van der Waals surface area contributed by atoms with Crippen LogP contribution in [0.3, 0.4) is 0 Å². The summed E-state index contributed by atoms with van der Waals surface area (Å²) in [5, 5.41) is 17.3. The molecule has 2 rings (SSSR count). The van der Waals surface area contributed by atoms with Crippen LogP contribution in [0, 0.1) is 11.3 Å². The van der Waals surface area contributed by atoms with E-state index in [1.165, 1.54) is 22.0 Å². The van der Waals surface area contributed by atoms with Crippen LogP contribution in [-0.2, 0) is 5.41 Å². The highest BCUT2D eigenvalue weighted by Crippen LogP contribution is 2.27. The molecule has 1 heterocycles. The molecular weight excluding hydrogens is 282 g/mol. The summed E-state index contributed by atoms with van der Waals surface area (Å²) in [6.07, 6.45) is 0. The Labute approximate surface area is 129 Å². The van der Waals surface area contributed by atoms with Gasteiger partial charge in [0.2, 0.25) is 5.16 Å². The molecule has 110 valence electrons. The standard InChI is InChI=1S/C15H19N5S/c1-10(9-16)21-14-19-18-13(20(14)17)11-5-7-12(8-6-11)15(2,3)4/h5-8,10H,17H2,1-4H3/t10-/m0/s1. The van der Waals surface area contributed by atoms with Crippen LogP contribution < -0.4 is 5.84 Å². The lowest BCUT2D eigenvalue weighted by atomic mass is 9.87. The van der Waals surface area contributed by atoms with Gasteiger partial charge in [0.1, 0.15) is 0 Å². The van der Waals surface area contributed by atoms with Gasteiger partial charge < -0.3 is 5.84 Å². The quantitative estimate of drug-likeness (QED) is 0.696. The zero-order chi connectivity index (χ0) is 15.6. The molecule has 21 heavy (non-hydrogen) atoms. The molecule has 6 heteroatoms. The minimum atomic E-state index is -0.215. The van der Waals surface area contributed by atoms with Gasteiger partial charge in [0, 0.05) is 5.56 Å². The van der Waals surface area contributed by atoms with Gasteiger partial charge in [0.05, 0.1) is 11.3 Å². The second-order valence-electron chi connectivity index (χ2n) is 5.89. The van der Waals surface area contributed by atoms with E-state index in [-0.39, 0.29) is 10.7 Å². The van der Waals surface area contributed by atoms with E-state index in [1.54, 1.807) is 6.92 Å². The van der Waals surface area contributed by atoms with Crippen molar-refractivity contribution in [2.45, 2.75) is 43.5 Å². The summed E-state index contributed by atoms with van der Waals surface area (Å²) < 4.78 is 1.44. The number of nitrogens with two attached hydrogens (primary N) is 1. The van der Waals surface area contributed by atoms with E-state index in [2.05, 4.69) is 49.2 Å². The van der Waals surface area contributed by atoms with Crippen molar-refractivity contribution in [3.63, 3.8) is 0 Å². The molecule has 1 aromatic heterocycles. The number of hydrogen-bond donors (Lipinski definition) is 1. The molecule has 0 aliphatic rings. The number of rotatable bonds is 3. The molecule has 0 saturated carbocycles. The predicted octanol–water partition coefficient (Wildman–Crippen LogP) is 2.96. The van der Waals surface area contributed by atoms with Crippen LogP contribution in [0.4, 0.5) is 0 Å². The van der Waals surface area contributed by atoms with Crippen LogP contribution in [0.1, 0.15) is 33.3 Å². The first kappa shape index (κ1) is 15.4. The number of hydrogen-bond acceptors (Lipinski definition) is 5. The Bertz CT molecular complexity index is 661. The number of aromatic nitrogens is 3. The molecule has 1 aromatic carbocycles. The predicted molar refractivity (Wildman–Crippen MR) is 85.2 cm³/mol. The first-order valence-electron chi connectivity index (χ1n) is 6.70. The molecule has 0 aliphatic heterocycles. The Kier molecular flexibility index (Phi) is 4.24. The van der Waals surface area contributed by atoms with Gasteiger partial charge in [-0.25, -0.2) is 4.68 Å². The minimum absolute atomic E-state index is 0.109. The number of thioether (sulfide) groups is 1. The first-order chi connectivity index (χ1) is 9.82. The molecule has 0 amide bonds. The number of nitrogens with zero attached hydrogens (tertiary/aromatic N) is 4. The Hall–Kier alpha value is -2.00. The van der Waals surface area contributed by atoms with Crippen LogP contribution in [0.25, 0.3) is 11.4 Å². The molecule has 0 saturated heterocycles. The van der Waals surface area contributed by atoms with Crippen LogP contribution in [0.2, 0.25) is 0 Å². The third-order valence-electron chi connectivity index (χ3n) is 3.14. The maximum atomic E-state index is 8.85. The fourth-order valence-corrected chi connectivity index (χ4v) is 2.51. The second kappa shape index (κ2) is 5.78. The third-order valence-corrected chi connectivity index (χ3v) is 4.09. The van der Waals surface area contributed by atoms with E-state index in [0.29, 0.717) is 11.0 Å². The molecule has 5 nitrogen and oxygen atoms in total. The van der Waals surface area contributed by atoms with E-state index in [0.717, 1.165) is 5.56 Å². The van der Waals surface area contributed by atoms with Crippen molar-refractivity contribution in [2.24, 2.45) is 0 Å². The van der Waals surface area contributed by atoms with Crippen molar-refractivity contribution in [2.75, 3.05) is 5.84 Å². The van der Waals surface area contributed by atoms with Gasteiger partial charge in [0.15, 0.2) is 5.82 Å². The van der Waals surface area contributed by atoms with Gasteiger partial charge in [0.25, 0.3) is 0 Å². The van der Waals surface area contributed by atoms with Gasteiger partial charge in [-0.15, -0.1) is 10.2 Å². The van der Waals surface area contributed by atoms with E-state index >= 15 is 0 Å². The highest BCUT2D eigenvalue weighted by molar-refractivity contribution is 8.00. The fourth-order valence-electron chi connectivity index (χ4n) is 1.86. The largest absolute Gasteiger partial charge is 0.335 e. The van der Waals surface area contributed by atoms with Crippen LogP contribution in [0.15, 0.2) is 29.4 Å². The van der Waals surface area contributed by atoms with E-state index in [1.807, 2.05) is 12.1 Å². The lowest BCUT2D eigenvalue weighted by Crippen LogP contribution is -2.13. The van der Waals surface area contributed by atoms with Crippen molar-refractivity contribution >= 4 is 11.8 Å². The van der Waals surface area contributed by atoms with E-state index < -0.39 is 0 Å². The smallest absolute Gasteiger partial charge is 0.211 e. The molecule has 1 atom stereocenters. The summed E-state index contributed by atoms with van der Waals surface area (Å²) in [7, 11) is 0. The van der Waals surface area contributed by atoms with Crippen LogP contribution in [-0.4, -0.2) is 20.1 Å². The maximum absolute atomic E-state index is 8.85. The summed E-state index contributed by atoms with van der Waals surface area (Å²) in [5.41, 5.74) is 2.27. The van der Waals surface area contributed by atoms with E-state index in [9.17, 15) is 0 Å². The third kappa shape index (κ3) is 3.37. The molecule has 0 fully saturated rings. The molecule has 0 aliphatic carbocycles. The Morgan fingerprint density at radius 1 is 1.24 bits per heavy atom. The van der Waals surface area contributed by atoms with Gasteiger partial charge in [-0.2, -0.15) is 5.26 Å². The SMILES string of the molecule is C[C@@H](C#N)Sc1nnc(-c2ccc(C(C)(C)C)cc2)n1N. The Morgan fingerprint density at radius 2 is 1.86 bits per heavy atom. The Balaban J connectivity index is 2.29. The number of nitrogen functional groups attached to an aromatic ring is 1. The van der Waals surface area contributed by atoms with Crippen molar-refractivity contribution in [3.8, 4) is 17.5 Å². The maximum Gasteiger partial charge on any atom is 0.211 e. The average molecular weight is 301 g/mol. The molecule has 0 unspecified atom stereocenters. The molecule has 0 bridgehead atoms. The van der Waals surface area contributed by atoms with Crippen LogP contribution in [0.5, 0.6) is 0 Å².